The Balaban J connectivity index is 2.15. The Morgan fingerprint density at radius 2 is 1.42 bits per heavy atom. The van der Waals surface area contributed by atoms with E-state index in [1.165, 1.54) is 0 Å². The molecule has 0 aromatic heterocycles. The third kappa shape index (κ3) is 7.20. The van der Waals surface area contributed by atoms with Crippen molar-refractivity contribution in [3.8, 4) is 0 Å². The Labute approximate surface area is 115 Å². The molecule has 0 amide bonds. The van der Waals surface area contributed by atoms with Crippen LogP contribution in [0.5, 0.6) is 0 Å². The van der Waals surface area contributed by atoms with Gasteiger partial charge in [-0.3, -0.25) is 9.80 Å². The largest absolute Gasteiger partial charge is 0.394 e. The van der Waals surface area contributed by atoms with E-state index in [1.807, 2.05) is 13.8 Å². The van der Waals surface area contributed by atoms with Crippen LogP contribution < -0.4 is 0 Å². The minimum atomic E-state index is -0.656. The van der Waals surface area contributed by atoms with E-state index >= 15 is 0 Å². The average molecular weight is 276 g/mol. The van der Waals surface area contributed by atoms with Gasteiger partial charge in [0.2, 0.25) is 0 Å². The molecule has 0 aromatic rings. The summed E-state index contributed by atoms with van der Waals surface area (Å²) < 4.78 is 5.39. The minimum absolute atomic E-state index is 0.145. The van der Waals surface area contributed by atoms with Crippen LogP contribution in [0.4, 0.5) is 0 Å². The molecular weight excluding hydrogens is 248 g/mol. The van der Waals surface area contributed by atoms with Crippen molar-refractivity contribution in [1.29, 1.82) is 0 Å². The maximum atomic E-state index is 9.85. The number of rotatable bonds is 8. The predicted molar refractivity (Wildman–Crippen MR) is 73.1 cm³/mol. The van der Waals surface area contributed by atoms with E-state index in [-0.39, 0.29) is 12.7 Å². The van der Waals surface area contributed by atoms with E-state index in [1.54, 1.807) is 0 Å². The van der Waals surface area contributed by atoms with Crippen molar-refractivity contribution in [2.75, 3.05) is 52.5 Å². The molecule has 1 aliphatic heterocycles. The summed E-state index contributed by atoms with van der Waals surface area (Å²) in [6, 6.07) is 0. The van der Waals surface area contributed by atoms with Crippen molar-refractivity contribution in [3.63, 3.8) is 0 Å². The lowest BCUT2D eigenvalue weighted by molar-refractivity contribution is -0.0180. The highest BCUT2D eigenvalue weighted by molar-refractivity contribution is 4.75. The van der Waals surface area contributed by atoms with Gasteiger partial charge in [0.1, 0.15) is 0 Å². The molecule has 1 rings (SSSR count). The zero-order chi connectivity index (χ0) is 14.3. The third-order valence-electron chi connectivity index (χ3n) is 3.24. The quantitative estimate of drug-likeness (QED) is 0.514. The summed E-state index contributed by atoms with van der Waals surface area (Å²) in [5.41, 5.74) is 0. The van der Waals surface area contributed by atoms with Crippen molar-refractivity contribution >= 4 is 0 Å². The summed E-state index contributed by atoms with van der Waals surface area (Å²) in [4.78, 5) is 4.34. The van der Waals surface area contributed by atoms with Crippen molar-refractivity contribution in [1.82, 2.24) is 9.80 Å². The summed E-state index contributed by atoms with van der Waals surface area (Å²) in [5.74, 6) is 0. The van der Waals surface area contributed by atoms with E-state index < -0.39 is 12.2 Å². The monoisotopic (exact) mass is 276 g/mol. The van der Waals surface area contributed by atoms with Gasteiger partial charge in [-0.1, -0.05) is 0 Å². The van der Waals surface area contributed by atoms with Gasteiger partial charge in [-0.25, -0.2) is 0 Å². The van der Waals surface area contributed by atoms with E-state index in [0.717, 1.165) is 26.2 Å². The molecule has 1 saturated heterocycles. The van der Waals surface area contributed by atoms with Gasteiger partial charge in [0.05, 0.1) is 31.5 Å². The van der Waals surface area contributed by atoms with Gasteiger partial charge in [-0.05, 0) is 13.8 Å². The van der Waals surface area contributed by atoms with Gasteiger partial charge in [0.15, 0.2) is 0 Å². The molecule has 1 fully saturated rings. The zero-order valence-corrected chi connectivity index (χ0v) is 12.0. The van der Waals surface area contributed by atoms with E-state index in [4.69, 9.17) is 9.84 Å². The second kappa shape index (κ2) is 8.84. The summed E-state index contributed by atoms with van der Waals surface area (Å²) in [6.45, 7) is 8.70. The van der Waals surface area contributed by atoms with Crippen molar-refractivity contribution in [2.24, 2.45) is 0 Å². The molecule has 2 atom stereocenters. The van der Waals surface area contributed by atoms with Crippen LogP contribution in [0.2, 0.25) is 0 Å². The standard InChI is InChI=1S/C13H28N2O4/c1-11(2)19-10-13(18)8-15-5-3-14(4-6-15)7-12(17)9-16/h11-13,16-18H,3-10H2,1-2H3. The highest BCUT2D eigenvalue weighted by Gasteiger charge is 2.20. The van der Waals surface area contributed by atoms with Gasteiger partial charge in [-0.2, -0.15) is 0 Å². The lowest BCUT2D eigenvalue weighted by atomic mass is 10.2. The van der Waals surface area contributed by atoms with E-state index in [0.29, 0.717) is 19.7 Å². The van der Waals surface area contributed by atoms with Crippen LogP contribution in [-0.2, 0) is 4.74 Å². The zero-order valence-electron chi connectivity index (χ0n) is 12.0. The second-order valence-corrected chi connectivity index (χ2v) is 5.47. The number of hydrogen-bond acceptors (Lipinski definition) is 6. The third-order valence-corrected chi connectivity index (χ3v) is 3.24. The fraction of sp³-hybridized carbons (Fsp3) is 1.00. The van der Waals surface area contributed by atoms with Gasteiger partial charge in [0, 0.05) is 39.3 Å². The van der Waals surface area contributed by atoms with Crippen LogP contribution in [0, 0.1) is 0 Å². The molecule has 0 spiro atoms. The summed E-state index contributed by atoms with van der Waals surface area (Å²) in [6.07, 6.45) is -0.958. The summed E-state index contributed by atoms with van der Waals surface area (Å²) >= 11 is 0. The van der Waals surface area contributed by atoms with E-state index in [2.05, 4.69) is 9.80 Å². The van der Waals surface area contributed by atoms with Crippen molar-refractivity contribution in [2.45, 2.75) is 32.2 Å². The number of hydrogen-bond donors (Lipinski definition) is 3. The lowest BCUT2D eigenvalue weighted by Gasteiger charge is -2.36. The average Bonchev–Trinajstić information content (AvgIpc) is 2.38. The first-order valence-electron chi connectivity index (χ1n) is 7.04. The summed E-state index contributed by atoms with van der Waals surface area (Å²) in [7, 11) is 0. The molecule has 3 N–H and O–H groups in total. The first-order chi connectivity index (χ1) is 9.01. The molecule has 114 valence electrons. The highest BCUT2D eigenvalue weighted by atomic mass is 16.5. The lowest BCUT2D eigenvalue weighted by Crippen LogP contribution is -2.51. The molecule has 0 aromatic carbocycles. The topological polar surface area (TPSA) is 76.4 Å². The predicted octanol–water partition coefficient (Wildman–Crippen LogP) is -1.26. The number of piperazine rings is 1. The number of β-amino-alcohol motifs (C(OH)–C–C–N with tert-alkyl or cyclic N) is 2. The normalized spacial score (nSPS) is 21.8. The molecule has 0 radical (unpaired) electrons. The Kier molecular flexibility index (Phi) is 7.82. The Hall–Kier alpha value is -0.240. The molecule has 1 aliphatic rings. The highest BCUT2D eigenvalue weighted by Crippen LogP contribution is 2.04. The first-order valence-corrected chi connectivity index (χ1v) is 7.04. The Morgan fingerprint density at radius 3 is 1.84 bits per heavy atom. The molecule has 0 aliphatic carbocycles. The van der Waals surface area contributed by atoms with E-state index in [9.17, 15) is 10.2 Å². The molecule has 6 nitrogen and oxygen atoms in total. The van der Waals surface area contributed by atoms with Gasteiger partial charge in [0.25, 0.3) is 0 Å². The van der Waals surface area contributed by atoms with Crippen molar-refractivity contribution in [3.05, 3.63) is 0 Å². The number of aliphatic hydroxyl groups excluding tert-OH is 3. The van der Waals surface area contributed by atoms with Crippen LogP contribution in [0.1, 0.15) is 13.8 Å². The fourth-order valence-corrected chi connectivity index (χ4v) is 2.16. The summed E-state index contributed by atoms with van der Waals surface area (Å²) in [5, 5.41) is 28.0. The maximum Gasteiger partial charge on any atom is 0.0900 e. The van der Waals surface area contributed by atoms with Crippen LogP contribution in [0.25, 0.3) is 0 Å². The number of ether oxygens (including phenoxy) is 1. The van der Waals surface area contributed by atoms with Gasteiger partial charge in [-0.15, -0.1) is 0 Å². The van der Waals surface area contributed by atoms with Crippen LogP contribution in [0.15, 0.2) is 0 Å². The van der Waals surface area contributed by atoms with Crippen LogP contribution >= 0.6 is 0 Å². The fourth-order valence-electron chi connectivity index (χ4n) is 2.16. The number of aliphatic hydroxyl groups is 3. The Morgan fingerprint density at radius 1 is 0.947 bits per heavy atom. The smallest absolute Gasteiger partial charge is 0.0900 e. The van der Waals surface area contributed by atoms with Crippen LogP contribution in [0.3, 0.4) is 0 Å². The molecule has 0 bridgehead atoms. The Bertz CT molecular complexity index is 233. The van der Waals surface area contributed by atoms with Crippen LogP contribution in [-0.4, -0.2) is 95.9 Å². The van der Waals surface area contributed by atoms with Gasteiger partial charge < -0.3 is 20.1 Å². The maximum absolute atomic E-state index is 9.85. The molecule has 6 heteroatoms. The number of nitrogens with zero attached hydrogens (tertiary/aromatic N) is 2. The molecule has 0 saturated carbocycles. The molecular formula is C13H28N2O4. The molecule has 2 unspecified atom stereocenters. The first kappa shape index (κ1) is 16.8. The molecule has 19 heavy (non-hydrogen) atoms. The SMILES string of the molecule is CC(C)OCC(O)CN1CCN(CC(O)CO)CC1. The second-order valence-electron chi connectivity index (χ2n) is 5.47. The minimum Gasteiger partial charge on any atom is -0.394 e. The van der Waals surface area contributed by atoms with Crippen molar-refractivity contribution < 1.29 is 20.1 Å². The molecule has 1 heterocycles. The van der Waals surface area contributed by atoms with Gasteiger partial charge >= 0.3 is 0 Å².